The molecule has 0 aliphatic heterocycles. The Balaban J connectivity index is 1.84. The van der Waals surface area contributed by atoms with Gasteiger partial charge in [-0.15, -0.1) is 5.10 Å². The zero-order valence-electron chi connectivity index (χ0n) is 14.8. The third-order valence-corrected chi connectivity index (χ3v) is 4.59. The molecule has 0 saturated heterocycles. The molecule has 1 aromatic heterocycles. The molecule has 0 saturated carbocycles. The number of hydrogen-bond donors (Lipinski definition) is 1. The van der Waals surface area contributed by atoms with Gasteiger partial charge in [0, 0.05) is 4.90 Å². The van der Waals surface area contributed by atoms with Crippen LogP contribution < -0.4 is 10.1 Å². The molecule has 146 valence electrons. The Morgan fingerprint density at radius 3 is 2.46 bits per heavy atom. The van der Waals surface area contributed by atoms with Crippen molar-refractivity contribution in [2.75, 3.05) is 12.4 Å². The number of nitrogens with zero attached hydrogens (tertiary/aromatic N) is 3. The van der Waals surface area contributed by atoms with Crippen LogP contribution in [0.3, 0.4) is 0 Å². The number of nitrogens with one attached hydrogen (secondary N) is 1. The molecule has 1 N–H and O–H groups in total. The van der Waals surface area contributed by atoms with Crippen LogP contribution >= 0.6 is 11.8 Å². The fraction of sp³-hybridized carbons (Fsp3) is 0.167. The van der Waals surface area contributed by atoms with Crippen LogP contribution in [0.2, 0.25) is 0 Å². The predicted octanol–water partition coefficient (Wildman–Crippen LogP) is 4.45. The molecule has 1 amide bonds. The first-order chi connectivity index (χ1) is 13.3. The van der Waals surface area contributed by atoms with E-state index in [2.05, 4.69) is 15.6 Å². The fourth-order valence-corrected chi connectivity index (χ4v) is 3.10. The molecule has 0 unspecified atom stereocenters. The molecule has 3 aromatic rings. The second-order valence-electron chi connectivity index (χ2n) is 5.63. The minimum atomic E-state index is -4.46. The lowest BCUT2D eigenvalue weighted by Crippen LogP contribution is -2.15. The van der Waals surface area contributed by atoms with Gasteiger partial charge >= 0.3 is 5.51 Å². The highest BCUT2D eigenvalue weighted by molar-refractivity contribution is 8.00. The third-order valence-electron chi connectivity index (χ3n) is 3.79. The van der Waals surface area contributed by atoms with Crippen molar-refractivity contribution in [3.63, 3.8) is 0 Å². The summed E-state index contributed by atoms with van der Waals surface area (Å²) >= 11 is -0.294. The number of hydrogen-bond acceptors (Lipinski definition) is 5. The van der Waals surface area contributed by atoms with Gasteiger partial charge in [-0.3, -0.25) is 4.79 Å². The van der Waals surface area contributed by atoms with E-state index in [-0.39, 0.29) is 28.0 Å². The molecule has 0 radical (unpaired) electrons. The standard InChI is InChI=1S/C18H15F3N4O2S/c1-11-16(23-24-25(11)12-7-9-13(27-2)10-8-12)17(26)22-14-5-3-4-6-15(14)28-18(19,20)21/h3-10H,1-2H3,(H,22,26). The second-order valence-corrected chi connectivity index (χ2v) is 6.74. The molecular formula is C18H15F3N4O2S. The van der Waals surface area contributed by atoms with Gasteiger partial charge < -0.3 is 10.1 Å². The van der Waals surface area contributed by atoms with Crippen molar-refractivity contribution in [3.8, 4) is 11.4 Å². The van der Waals surface area contributed by atoms with E-state index >= 15 is 0 Å². The zero-order chi connectivity index (χ0) is 20.3. The topological polar surface area (TPSA) is 69.0 Å². The fourth-order valence-electron chi connectivity index (χ4n) is 2.47. The summed E-state index contributed by atoms with van der Waals surface area (Å²) in [5.74, 6) is 0.0192. The SMILES string of the molecule is COc1ccc(-n2nnc(C(=O)Nc3ccccc3SC(F)(F)F)c2C)cc1. The largest absolute Gasteiger partial charge is 0.497 e. The lowest BCUT2D eigenvalue weighted by atomic mass is 10.2. The van der Waals surface area contributed by atoms with E-state index in [0.29, 0.717) is 17.1 Å². The number of methoxy groups -OCH3 is 1. The quantitative estimate of drug-likeness (QED) is 0.632. The summed E-state index contributed by atoms with van der Waals surface area (Å²) in [6, 6.07) is 12.7. The zero-order valence-corrected chi connectivity index (χ0v) is 15.6. The van der Waals surface area contributed by atoms with Crippen LogP contribution in [-0.4, -0.2) is 33.5 Å². The molecule has 3 rings (SSSR count). The summed E-state index contributed by atoms with van der Waals surface area (Å²) < 4.78 is 44.7. The Bertz CT molecular complexity index is 987. The van der Waals surface area contributed by atoms with Crippen LogP contribution in [0, 0.1) is 6.92 Å². The number of carbonyl (C=O) groups excluding carboxylic acids is 1. The molecule has 2 aromatic carbocycles. The average Bonchev–Trinajstić information content (AvgIpc) is 3.04. The van der Waals surface area contributed by atoms with E-state index in [4.69, 9.17) is 4.74 Å². The van der Waals surface area contributed by atoms with Gasteiger partial charge in [0.15, 0.2) is 5.69 Å². The van der Waals surface area contributed by atoms with Crippen molar-refractivity contribution in [2.45, 2.75) is 17.3 Å². The summed E-state index contributed by atoms with van der Waals surface area (Å²) in [4.78, 5) is 12.5. The van der Waals surface area contributed by atoms with E-state index in [0.717, 1.165) is 0 Å². The van der Waals surface area contributed by atoms with Crippen molar-refractivity contribution in [2.24, 2.45) is 0 Å². The molecule has 0 aliphatic rings. The van der Waals surface area contributed by atoms with Gasteiger partial charge in [-0.25, -0.2) is 4.68 Å². The highest BCUT2D eigenvalue weighted by atomic mass is 32.2. The molecule has 0 fully saturated rings. The number of anilines is 1. The van der Waals surface area contributed by atoms with Crippen molar-refractivity contribution >= 4 is 23.4 Å². The van der Waals surface area contributed by atoms with Gasteiger partial charge in [-0.2, -0.15) is 13.2 Å². The maximum atomic E-state index is 12.7. The van der Waals surface area contributed by atoms with Crippen molar-refractivity contribution < 1.29 is 22.7 Å². The second kappa shape index (κ2) is 7.93. The van der Waals surface area contributed by atoms with Crippen molar-refractivity contribution in [3.05, 3.63) is 59.9 Å². The Morgan fingerprint density at radius 1 is 1.14 bits per heavy atom. The minimum absolute atomic E-state index is 0.0163. The number of halogens is 3. The minimum Gasteiger partial charge on any atom is -0.497 e. The summed E-state index contributed by atoms with van der Waals surface area (Å²) in [6.45, 7) is 1.65. The average molecular weight is 408 g/mol. The summed E-state index contributed by atoms with van der Waals surface area (Å²) in [5, 5.41) is 10.3. The molecule has 0 aliphatic carbocycles. The van der Waals surface area contributed by atoms with E-state index in [1.807, 2.05) is 0 Å². The van der Waals surface area contributed by atoms with Crippen LogP contribution in [0.15, 0.2) is 53.4 Å². The number of carbonyl (C=O) groups is 1. The Hall–Kier alpha value is -3.01. The van der Waals surface area contributed by atoms with Gasteiger partial charge in [0.1, 0.15) is 5.75 Å². The van der Waals surface area contributed by atoms with Crippen LogP contribution in [0.1, 0.15) is 16.2 Å². The van der Waals surface area contributed by atoms with E-state index in [9.17, 15) is 18.0 Å². The number of rotatable bonds is 5. The van der Waals surface area contributed by atoms with Crippen LogP contribution in [0.5, 0.6) is 5.75 Å². The highest BCUT2D eigenvalue weighted by Crippen LogP contribution is 2.40. The first kappa shape index (κ1) is 19.7. The van der Waals surface area contributed by atoms with Gasteiger partial charge in [0.05, 0.1) is 24.2 Å². The Kier molecular flexibility index (Phi) is 5.59. The molecule has 0 spiro atoms. The molecule has 10 heteroatoms. The summed E-state index contributed by atoms with van der Waals surface area (Å²) in [5.41, 5.74) is -3.29. The maximum Gasteiger partial charge on any atom is 0.446 e. The molecular weight excluding hydrogens is 393 g/mol. The van der Waals surface area contributed by atoms with Crippen LogP contribution in [0.25, 0.3) is 5.69 Å². The molecule has 28 heavy (non-hydrogen) atoms. The number of aromatic nitrogens is 3. The Morgan fingerprint density at radius 2 is 1.82 bits per heavy atom. The lowest BCUT2D eigenvalue weighted by Gasteiger charge is -2.11. The van der Waals surface area contributed by atoms with E-state index in [1.165, 1.54) is 28.9 Å². The summed E-state index contributed by atoms with van der Waals surface area (Å²) in [7, 11) is 1.55. The molecule has 1 heterocycles. The molecule has 0 atom stereocenters. The smallest absolute Gasteiger partial charge is 0.446 e. The number of ether oxygens (including phenoxy) is 1. The Labute approximate surface area is 162 Å². The van der Waals surface area contributed by atoms with Gasteiger partial charge in [0.2, 0.25) is 0 Å². The van der Waals surface area contributed by atoms with Crippen molar-refractivity contribution in [1.29, 1.82) is 0 Å². The van der Waals surface area contributed by atoms with E-state index < -0.39 is 11.4 Å². The first-order valence-electron chi connectivity index (χ1n) is 8.01. The normalized spacial score (nSPS) is 11.3. The molecule has 0 bridgehead atoms. The van der Waals surface area contributed by atoms with Gasteiger partial charge in [-0.05, 0) is 55.1 Å². The number of thioether (sulfide) groups is 1. The number of benzene rings is 2. The van der Waals surface area contributed by atoms with Crippen LogP contribution in [0.4, 0.5) is 18.9 Å². The van der Waals surface area contributed by atoms with Crippen molar-refractivity contribution in [1.82, 2.24) is 15.0 Å². The van der Waals surface area contributed by atoms with Gasteiger partial charge in [-0.1, -0.05) is 17.3 Å². The molecule has 6 nitrogen and oxygen atoms in total. The number of amides is 1. The highest BCUT2D eigenvalue weighted by Gasteiger charge is 2.30. The maximum absolute atomic E-state index is 12.7. The lowest BCUT2D eigenvalue weighted by molar-refractivity contribution is -0.0328. The monoisotopic (exact) mass is 408 g/mol. The summed E-state index contributed by atoms with van der Waals surface area (Å²) in [6.07, 6.45) is 0. The number of alkyl halides is 3. The predicted molar refractivity (Wildman–Crippen MR) is 99.0 cm³/mol. The number of para-hydroxylation sites is 1. The van der Waals surface area contributed by atoms with Crippen LogP contribution in [-0.2, 0) is 0 Å². The third kappa shape index (κ3) is 4.45. The van der Waals surface area contributed by atoms with E-state index in [1.54, 1.807) is 38.3 Å². The van der Waals surface area contributed by atoms with Gasteiger partial charge in [0.25, 0.3) is 5.91 Å². The first-order valence-corrected chi connectivity index (χ1v) is 8.83.